The monoisotopic (exact) mass is 326 g/mol. The summed E-state index contributed by atoms with van der Waals surface area (Å²) >= 11 is 1.70. The normalized spacial score (nSPS) is 23.0. The second-order valence-corrected chi connectivity index (χ2v) is 7.07. The number of carbonyl (C=O) groups excluding carboxylic acids is 2. The zero-order chi connectivity index (χ0) is 15.8. The molecule has 2 amide bonds. The second-order valence-electron chi connectivity index (χ2n) is 6.09. The topological polar surface area (TPSA) is 49.4 Å². The van der Waals surface area contributed by atoms with Gasteiger partial charge in [-0.2, -0.15) is 0 Å². The van der Waals surface area contributed by atoms with E-state index in [1.165, 1.54) is 4.88 Å². The van der Waals surface area contributed by atoms with Crippen LogP contribution < -0.4 is 5.32 Å². The summed E-state index contributed by atoms with van der Waals surface area (Å²) < 4.78 is 0. The lowest BCUT2D eigenvalue weighted by Crippen LogP contribution is -2.32. The molecule has 3 heterocycles. The Hall–Kier alpha value is -2.14. The van der Waals surface area contributed by atoms with Crippen molar-refractivity contribution in [2.45, 2.75) is 31.2 Å². The summed E-state index contributed by atoms with van der Waals surface area (Å²) in [5.41, 5.74) is 1.78. The summed E-state index contributed by atoms with van der Waals surface area (Å²) in [6.45, 7) is 0.789. The van der Waals surface area contributed by atoms with Crippen LogP contribution in [-0.4, -0.2) is 23.3 Å². The van der Waals surface area contributed by atoms with Gasteiger partial charge in [0.1, 0.15) is 0 Å². The maximum Gasteiger partial charge on any atom is 0.232 e. The average Bonchev–Trinajstić information content (AvgIpc) is 3.26. The lowest BCUT2D eigenvalue weighted by molar-refractivity contribution is -0.134. The van der Waals surface area contributed by atoms with Gasteiger partial charge in [-0.15, -0.1) is 11.3 Å². The van der Waals surface area contributed by atoms with Crippen LogP contribution in [-0.2, 0) is 9.59 Å². The number of amides is 2. The molecule has 0 bridgehead atoms. The van der Waals surface area contributed by atoms with Crippen molar-refractivity contribution in [2.24, 2.45) is 0 Å². The average molecular weight is 326 g/mol. The molecule has 0 saturated carbocycles. The van der Waals surface area contributed by atoms with Gasteiger partial charge >= 0.3 is 0 Å². The summed E-state index contributed by atoms with van der Waals surface area (Å²) in [7, 11) is 0. The van der Waals surface area contributed by atoms with Crippen LogP contribution in [0.1, 0.15) is 41.7 Å². The van der Waals surface area contributed by atoms with Crippen molar-refractivity contribution in [3.05, 3.63) is 52.2 Å². The molecule has 0 aliphatic carbocycles. The lowest BCUT2D eigenvalue weighted by atomic mass is 9.96. The van der Waals surface area contributed by atoms with Crippen molar-refractivity contribution in [3.8, 4) is 0 Å². The quantitative estimate of drug-likeness (QED) is 0.938. The van der Waals surface area contributed by atoms with Gasteiger partial charge in [0.25, 0.3) is 0 Å². The molecule has 2 aliphatic rings. The third-order valence-electron chi connectivity index (χ3n) is 4.73. The Labute approximate surface area is 139 Å². The van der Waals surface area contributed by atoms with Crippen LogP contribution in [0.25, 0.3) is 0 Å². The van der Waals surface area contributed by atoms with E-state index in [4.69, 9.17) is 0 Å². The van der Waals surface area contributed by atoms with Crippen LogP contribution in [0.3, 0.4) is 0 Å². The summed E-state index contributed by atoms with van der Waals surface area (Å²) in [6.07, 6.45) is 2.30. The van der Waals surface area contributed by atoms with Crippen LogP contribution in [0.5, 0.6) is 0 Å². The number of hydrogen-bond donors (Lipinski definition) is 1. The summed E-state index contributed by atoms with van der Waals surface area (Å²) in [6, 6.07) is 12.0. The van der Waals surface area contributed by atoms with Gasteiger partial charge in [0, 0.05) is 23.5 Å². The molecular formula is C18H18N2O2S. The van der Waals surface area contributed by atoms with Gasteiger partial charge in [0.15, 0.2) is 0 Å². The van der Waals surface area contributed by atoms with Gasteiger partial charge in [-0.1, -0.05) is 24.3 Å². The maximum atomic E-state index is 12.8. The van der Waals surface area contributed by atoms with Crippen LogP contribution in [0.15, 0.2) is 41.8 Å². The van der Waals surface area contributed by atoms with E-state index in [2.05, 4.69) is 16.8 Å². The van der Waals surface area contributed by atoms with Crippen LogP contribution in [0.2, 0.25) is 0 Å². The smallest absolute Gasteiger partial charge is 0.232 e. The highest BCUT2D eigenvalue weighted by atomic mass is 32.1. The number of carbonyl (C=O) groups is 2. The Morgan fingerprint density at radius 3 is 2.96 bits per heavy atom. The fourth-order valence-corrected chi connectivity index (χ4v) is 4.49. The summed E-state index contributed by atoms with van der Waals surface area (Å²) in [5, 5.41) is 4.93. The van der Waals surface area contributed by atoms with Gasteiger partial charge in [0.05, 0.1) is 12.0 Å². The minimum absolute atomic E-state index is 0.0635. The Kier molecular flexibility index (Phi) is 3.65. The van der Waals surface area contributed by atoms with E-state index in [1.54, 1.807) is 11.3 Å². The number of rotatable bonds is 3. The molecule has 1 aromatic carbocycles. The Morgan fingerprint density at radius 2 is 2.13 bits per heavy atom. The first kappa shape index (κ1) is 14.5. The molecular weight excluding hydrogens is 308 g/mol. The first-order chi connectivity index (χ1) is 11.2. The number of nitrogens with zero attached hydrogens (tertiary/aromatic N) is 1. The molecule has 118 valence electrons. The van der Waals surface area contributed by atoms with Crippen LogP contribution in [0.4, 0.5) is 5.69 Å². The van der Waals surface area contributed by atoms with Gasteiger partial charge in [-0.3, -0.25) is 9.59 Å². The van der Waals surface area contributed by atoms with Gasteiger partial charge in [-0.25, -0.2) is 0 Å². The molecule has 2 aliphatic heterocycles. The van der Waals surface area contributed by atoms with E-state index in [-0.39, 0.29) is 30.2 Å². The maximum absolute atomic E-state index is 12.8. The molecule has 1 fully saturated rings. The molecule has 5 heteroatoms. The highest BCUT2D eigenvalue weighted by molar-refractivity contribution is 7.10. The van der Waals surface area contributed by atoms with Crippen molar-refractivity contribution >= 4 is 28.8 Å². The van der Waals surface area contributed by atoms with Crippen molar-refractivity contribution in [2.75, 3.05) is 11.9 Å². The summed E-state index contributed by atoms with van der Waals surface area (Å²) in [4.78, 5) is 28.2. The first-order valence-corrected chi connectivity index (χ1v) is 8.84. The van der Waals surface area contributed by atoms with Gasteiger partial charge in [0.2, 0.25) is 11.8 Å². The fourth-order valence-electron chi connectivity index (χ4n) is 3.61. The molecule has 1 N–H and O–H groups in total. The molecule has 23 heavy (non-hydrogen) atoms. The Morgan fingerprint density at radius 1 is 1.26 bits per heavy atom. The number of benzene rings is 1. The number of anilines is 1. The molecule has 1 aromatic heterocycles. The minimum atomic E-state index is -0.358. The third kappa shape index (κ3) is 2.55. The van der Waals surface area contributed by atoms with Crippen molar-refractivity contribution < 1.29 is 9.59 Å². The fraction of sp³-hybridized carbons (Fsp3) is 0.333. The van der Waals surface area contributed by atoms with E-state index >= 15 is 0 Å². The lowest BCUT2D eigenvalue weighted by Gasteiger charge is -2.25. The number of likely N-dealkylation sites (tertiary alicyclic amines) is 1. The molecule has 2 atom stereocenters. The number of fused-ring (bicyclic) bond motifs is 1. The molecule has 2 unspecified atom stereocenters. The molecule has 0 radical (unpaired) electrons. The minimum Gasteiger partial charge on any atom is -0.335 e. The zero-order valence-corrected chi connectivity index (χ0v) is 13.5. The Balaban J connectivity index is 1.53. The molecule has 4 nitrogen and oxygen atoms in total. The van der Waals surface area contributed by atoms with Gasteiger partial charge in [-0.05, 0) is 35.9 Å². The number of para-hydroxylation sites is 1. The van der Waals surface area contributed by atoms with Crippen LogP contribution >= 0.6 is 11.3 Å². The first-order valence-electron chi connectivity index (χ1n) is 7.96. The largest absolute Gasteiger partial charge is 0.335 e. The molecule has 1 saturated heterocycles. The van der Waals surface area contributed by atoms with E-state index < -0.39 is 0 Å². The predicted molar refractivity (Wildman–Crippen MR) is 90.4 cm³/mol. The van der Waals surface area contributed by atoms with Crippen molar-refractivity contribution in [3.63, 3.8) is 0 Å². The summed E-state index contributed by atoms with van der Waals surface area (Å²) in [5.74, 6) is -0.340. The SMILES string of the molecule is O=C1Nc2ccccc2C1CC(=O)N1CCCC1c1cccs1. The standard InChI is InChI=1S/C18H18N2O2S/c21-17(20-9-3-7-15(20)16-8-4-10-23-16)11-13-12-5-1-2-6-14(12)19-18(13)22/h1-2,4-6,8,10,13,15H,3,7,9,11H2,(H,19,22). The van der Waals surface area contributed by atoms with Crippen LogP contribution in [0, 0.1) is 0 Å². The third-order valence-corrected chi connectivity index (χ3v) is 5.71. The van der Waals surface area contributed by atoms with E-state index in [0.29, 0.717) is 0 Å². The second kappa shape index (κ2) is 5.81. The number of nitrogens with one attached hydrogen (secondary N) is 1. The molecule has 0 spiro atoms. The zero-order valence-electron chi connectivity index (χ0n) is 12.7. The highest BCUT2D eigenvalue weighted by Crippen LogP contribution is 2.38. The van der Waals surface area contributed by atoms with E-state index in [9.17, 15) is 9.59 Å². The van der Waals surface area contributed by atoms with Crippen molar-refractivity contribution in [1.29, 1.82) is 0 Å². The van der Waals surface area contributed by atoms with Crippen molar-refractivity contribution in [1.82, 2.24) is 4.90 Å². The van der Waals surface area contributed by atoms with E-state index in [1.807, 2.05) is 35.2 Å². The highest BCUT2D eigenvalue weighted by Gasteiger charge is 2.36. The Bertz CT molecular complexity index is 741. The predicted octanol–water partition coefficient (Wildman–Crippen LogP) is 3.54. The molecule has 4 rings (SSSR count). The van der Waals surface area contributed by atoms with E-state index in [0.717, 1.165) is 30.6 Å². The number of thiophene rings is 1. The van der Waals surface area contributed by atoms with Gasteiger partial charge < -0.3 is 10.2 Å². The molecule has 2 aromatic rings. The number of hydrogen-bond acceptors (Lipinski definition) is 3.